The summed E-state index contributed by atoms with van der Waals surface area (Å²) in [7, 11) is 0. The molecule has 1 saturated heterocycles. The Bertz CT molecular complexity index is 201. The van der Waals surface area contributed by atoms with Crippen LogP contribution in [0.3, 0.4) is 0 Å². The second-order valence-electron chi connectivity index (χ2n) is 4.90. The first-order valence-electron chi connectivity index (χ1n) is 6.42. The molecule has 0 bridgehead atoms. The molecule has 1 unspecified atom stereocenters. The van der Waals surface area contributed by atoms with E-state index in [0.29, 0.717) is 18.5 Å². The van der Waals surface area contributed by atoms with Crippen LogP contribution in [0.1, 0.15) is 32.1 Å². The van der Waals surface area contributed by atoms with Gasteiger partial charge in [0.25, 0.3) is 0 Å². The van der Waals surface area contributed by atoms with Gasteiger partial charge in [0, 0.05) is 12.6 Å². The van der Waals surface area contributed by atoms with E-state index in [1.54, 1.807) is 0 Å². The molecular formula is C12H22N2OS. The molecule has 2 N–H and O–H groups in total. The predicted octanol–water partition coefficient (Wildman–Crippen LogP) is 1.39. The molecular weight excluding hydrogens is 220 g/mol. The lowest BCUT2D eigenvalue weighted by molar-refractivity contribution is -0.120. The molecule has 1 aliphatic carbocycles. The predicted molar refractivity (Wildman–Crippen MR) is 68.7 cm³/mol. The van der Waals surface area contributed by atoms with Gasteiger partial charge in [0.15, 0.2) is 0 Å². The molecule has 1 saturated carbocycles. The Balaban J connectivity index is 1.53. The lowest BCUT2D eigenvalue weighted by Gasteiger charge is -2.13. The first-order valence-corrected chi connectivity index (χ1v) is 7.58. The van der Waals surface area contributed by atoms with Crippen LogP contribution in [-0.2, 0) is 4.79 Å². The van der Waals surface area contributed by atoms with E-state index in [0.717, 1.165) is 6.54 Å². The van der Waals surface area contributed by atoms with Gasteiger partial charge in [-0.25, -0.2) is 0 Å². The lowest BCUT2D eigenvalue weighted by Crippen LogP contribution is -2.39. The van der Waals surface area contributed by atoms with Gasteiger partial charge >= 0.3 is 0 Å². The molecule has 2 fully saturated rings. The van der Waals surface area contributed by atoms with E-state index in [9.17, 15) is 4.79 Å². The summed E-state index contributed by atoms with van der Waals surface area (Å²) in [6, 6.07) is 0.591. The fourth-order valence-electron chi connectivity index (χ4n) is 2.43. The van der Waals surface area contributed by atoms with Gasteiger partial charge in [-0.15, -0.1) is 0 Å². The van der Waals surface area contributed by atoms with Gasteiger partial charge in [0.2, 0.25) is 5.91 Å². The van der Waals surface area contributed by atoms with Crippen molar-refractivity contribution in [2.75, 3.05) is 24.6 Å². The van der Waals surface area contributed by atoms with Crippen molar-refractivity contribution in [3.63, 3.8) is 0 Å². The maximum Gasteiger partial charge on any atom is 0.233 e. The van der Waals surface area contributed by atoms with Crippen molar-refractivity contribution in [3.8, 4) is 0 Å². The number of thioether (sulfide) groups is 1. The molecule has 0 aromatic heterocycles. The maximum absolute atomic E-state index is 11.6. The van der Waals surface area contributed by atoms with Crippen molar-refractivity contribution >= 4 is 17.7 Å². The monoisotopic (exact) mass is 242 g/mol. The normalized spacial score (nSPS) is 26.1. The van der Waals surface area contributed by atoms with Crippen LogP contribution < -0.4 is 10.6 Å². The average molecular weight is 242 g/mol. The van der Waals surface area contributed by atoms with Gasteiger partial charge in [0.05, 0.1) is 6.54 Å². The largest absolute Gasteiger partial charge is 0.355 e. The molecule has 1 aliphatic heterocycles. The molecule has 0 aromatic rings. The number of carbonyl (C=O) groups is 1. The third-order valence-corrected chi connectivity index (χ3v) is 4.75. The standard InChI is InChI=1S/C12H22N2OS/c15-12(8-13-11-3-1-2-4-11)14-7-10-5-6-16-9-10/h10-11,13H,1-9H2,(H,14,15). The second-order valence-corrected chi connectivity index (χ2v) is 6.05. The Hall–Kier alpha value is -0.220. The number of amides is 1. The summed E-state index contributed by atoms with van der Waals surface area (Å²) < 4.78 is 0. The quantitative estimate of drug-likeness (QED) is 0.765. The minimum absolute atomic E-state index is 0.170. The zero-order valence-corrected chi connectivity index (χ0v) is 10.7. The van der Waals surface area contributed by atoms with Crippen molar-refractivity contribution in [1.29, 1.82) is 0 Å². The highest BCUT2D eigenvalue weighted by Crippen LogP contribution is 2.22. The molecule has 0 spiro atoms. The molecule has 16 heavy (non-hydrogen) atoms. The van der Waals surface area contributed by atoms with Crippen molar-refractivity contribution in [2.24, 2.45) is 5.92 Å². The van der Waals surface area contributed by atoms with Crippen LogP contribution in [0.15, 0.2) is 0 Å². The van der Waals surface area contributed by atoms with Crippen LogP contribution in [0.2, 0.25) is 0 Å². The van der Waals surface area contributed by atoms with Gasteiger partial charge in [-0.3, -0.25) is 4.79 Å². The van der Waals surface area contributed by atoms with E-state index in [1.807, 2.05) is 11.8 Å². The third-order valence-electron chi connectivity index (χ3n) is 3.52. The molecule has 0 radical (unpaired) electrons. The Morgan fingerprint density at radius 3 is 2.75 bits per heavy atom. The summed E-state index contributed by atoms with van der Waals surface area (Å²) in [5.74, 6) is 3.36. The van der Waals surface area contributed by atoms with E-state index in [2.05, 4.69) is 10.6 Å². The van der Waals surface area contributed by atoms with Crippen LogP contribution in [0, 0.1) is 5.92 Å². The molecule has 0 aromatic carbocycles. The van der Waals surface area contributed by atoms with Crippen LogP contribution in [0.5, 0.6) is 0 Å². The zero-order valence-electron chi connectivity index (χ0n) is 9.84. The highest BCUT2D eigenvalue weighted by atomic mass is 32.2. The van der Waals surface area contributed by atoms with Crippen molar-refractivity contribution in [3.05, 3.63) is 0 Å². The van der Waals surface area contributed by atoms with Gasteiger partial charge in [-0.1, -0.05) is 12.8 Å². The first-order chi connectivity index (χ1) is 7.84. The summed E-state index contributed by atoms with van der Waals surface area (Å²) in [5.41, 5.74) is 0. The molecule has 1 amide bonds. The third kappa shape index (κ3) is 3.98. The molecule has 92 valence electrons. The van der Waals surface area contributed by atoms with E-state index < -0.39 is 0 Å². The van der Waals surface area contributed by atoms with E-state index in [4.69, 9.17) is 0 Å². The Kier molecular flexibility index (Phi) is 4.97. The average Bonchev–Trinajstić information content (AvgIpc) is 2.96. The maximum atomic E-state index is 11.6. The van der Waals surface area contributed by atoms with Gasteiger partial charge < -0.3 is 10.6 Å². The van der Waals surface area contributed by atoms with Gasteiger partial charge in [-0.2, -0.15) is 11.8 Å². The number of nitrogens with one attached hydrogen (secondary N) is 2. The molecule has 1 atom stereocenters. The Labute approximate surface area is 102 Å². The highest BCUT2D eigenvalue weighted by molar-refractivity contribution is 7.99. The summed E-state index contributed by atoms with van der Waals surface area (Å²) in [6.45, 7) is 1.38. The fourth-order valence-corrected chi connectivity index (χ4v) is 3.72. The molecule has 1 heterocycles. The van der Waals surface area contributed by atoms with Crippen molar-refractivity contribution < 1.29 is 4.79 Å². The first kappa shape index (κ1) is 12.2. The topological polar surface area (TPSA) is 41.1 Å². The summed E-state index contributed by atoms with van der Waals surface area (Å²) in [6.07, 6.45) is 6.39. The molecule has 4 heteroatoms. The molecule has 2 rings (SSSR count). The molecule has 2 aliphatic rings. The lowest BCUT2D eigenvalue weighted by atomic mass is 10.1. The number of rotatable bonds is 5. The van der Waals surface area contributed by atoms with Crippen LogP contribution >= 0.6 is 11.8 Å². The Morgan fingerprint density at radius 2 is 2.06 bits per heavy atom. The SMILES string of the molecule is O=C(CNC1CCCC1)NCC1CCSC1. The smallest absolute Gasteiger partial charge is 0.233 e. The highest BCUT2D eigenvalue weighted by Gasteiger charge is 2.17. The van der Waals surface area contributed by atoms with Crippen LogP contribution in [-0.4, -0.2) is 36.5 Å². The van der Waals surface area contributed by atoms with Crippen molar-refractivity contribution in [1.82, 2.24) is 10.6 Å². The van der Waals surface area contributed by atoms with E-state index >= 15 is 0 Å². The van der Waals surface area contributed by atoms with Gasteiger partial charge in [-0.05, 0) is 36.7 Å². The number of carbonyl (C=O) groups excluding carboxylic acids is 1. The van der Waals surface area contributed by atoms with Crippen LogP contribution in [0.4, 0.5) is 0 Å². The number of hydrogen-bond donors (Lipinski definition) is 2. The van der Waals surface area contributed by atoms with E-state index in [1.165, 1.54) is 43.6 Å². The Morgan fingerprint density at radius 1 is 1.25 bits per heavy atom. The second kappa shape index (κ2) is 6.50. The van der Waals surface area contributed by atoms with Gasteiger partial charge in [0.1, 0.15) is 0 Å². The summed E-state index contributed by atoms with van der Waals surface area (Å²) >= 11 is 2.00. The minimum Gasteiger partial charge on any atom is -0.355 e. The summed E-state index contributed by atoms with van der Waals surface area (Å²) in [5, 5.41) is 6.37. The molecule has 3 nitrogen and oxygen atoms in total. The number of hydrogen-bond acceptors (Lipinski definition) is 3. The minimum atomic E-state index is 0.170. The van der Waals surface area contributed by atoms with Crippen molar-refractivity contribution in [2.45, 2.75) is 38.1 Å². The fraction of sp³-hybridized carbons (Fsp3) is 0.917. The zero-order chi connectivity index (χ0) is 11.2. The van der Waals surface area contributed by atoms with E-state index in [-0.39, 0.29) is 5.91 Å². The summed E-state index contributed by atoms with van der Waals surface area (Å²) in [4.78, 5) is 11.6. The van der Waals surface area contributed by atoms with Crippen LogP contribution in [0.25, 0.3) is 0 Å².